The fourth-order valence-electron chi connectivity index (χ4n) is 3.89. The van der Waals surface area contributed by atoms with Crippen molar-refractivity contribution in [1.29, 1.82) is 0 Å². The van der Waals surface area contributed by atoms with Crippen molar-refractivity contribution < 1.29 is 22.7 Å². The Hall–Kier alpha value is -2.72. The van der Waals surface area contributed by atoms with Crippen LogP contribution in [0.3, 0.4) is 0 Å². The molecule has 4 rings (SSSR count). The summed E-state index contributed by atoms with van der Waals surface area (Å²) >= 11 is 0. The molecule has 0 bridgehead atoms. The van der Waals surface area contributed by atoms with E-state index in [0.717, 1.165) is 19.3 Å². The number of ether oxygens (including phenoxy) is 1. The fraction of sp³-hybridized carbons (Fsp3) is 0.478. The molecule has 3 aromatic heterocycles. The predicted octanol–water partition coefficient (Wildman–Crippen LogP) is 3.83. The summed E-state index contributed by atoms with van der Waals surface area (Å²) in [7, 11) is -2.31. The second kappa shape index (κ2) is 8.25. The molecule has 3 heterocycles. The number of hydrogen-bond acceptors (Lipinski definition) is 7. The monoisotopic (exact) mass is 476 g/mol. The van der Waals surface area contributed by atoms with Crippen molar-refractivity contribution in [3.63, 3.8) is 0 Å². The first kappa shape index (κ1) is 23.4. The maximum atomic E-state index is 14.4. The predicted molar refractivity (Wildman–Crippen MR) is 124 cm³/mol. The first-order valence-corrected chi connectivity index (χ1v) is 12.4. The Balaban J connectivity index is 1.72. The molecular formula is C23H29FN4O4S. The zero-order valence-electron chi connectivity index (χ0n) is 19.2. The van der Waals surface area contributed by atoms with Gasteiger partial charge < -0.3 is 15.2 Å². The van der Waals surface area contributed by atoms with Gasteiger partial charge in [0.05, 0.1) is 29.3 Å². The number of fused-ring (bicyclic) bond motifs is 1. The molecule has 0 spiro atoms. The Morgan fingerprint density at radius 3 is 2.61 bits per heavy atom. The summed E-state index contributed by atoms with van der Waals surface area (Å²) in [6.45, 7) is 5.33. The number of halogens is 1. The molecule has 0 saturated heterocycles. The van der Waals surface area contributed by atoms with Crippen LogP contribution >= 0.6 is 0 Å². The van der Waals surface area contributed by atoms with Crippen LogP contribution in [0.15, 0.2) is 35.5 Å². The molecule has 0 unspecified atom stereocenters. The number of rotatable bonds is 7. The van der Waals surface area contributed by atoms with Crippen molar-refractivity contribution in [2.24, 2.45) is 0 Å². The summed E-state index contributed by atoms with van der Waals surface area (Å²) in [6.07, 6.45) is 6.16. The van der Waals surface area contributed by atoms with Crippen molar-refractivity contribution >= 4 is 21.3 Å². The molecule has 33 heavy (non-hydrogen) atoms. The van der Waals surface area contributed by atoms with E-state index in [0.29, 0.717) is 35.7 Å². The number of nitrogens with zero attached hydrogens (tertiary/aromatic N) is 3. The number of methoxy groups -OCH3 is 1. The van der Waals surface area contributed by atoms with Gasteiger partial charge in [0.25, 0.3) is 0 Å². The SMILES string of the molecule is COc1cc2ncc(-c3cc(F)nc(NCCC4(O)CCC4)c3)n2cc1S(=O)(=O)C(C)(C)C. The summed E-state index contributed by atoms with van der Waals surface area (Å²) in [4.78, 5) is 8.29. The van der Waals surface area contributed by atoms with Crippen LogP contribution < -0.4 is 10.1 Å². The van der Waals surface area contributed by atoms with E-state index in [4.69, 9.17) is 4.74 Å². The Kier molecular flexibility index (Phi) is 5.86. The van der Waals surface area contributed by atoms with Gasteiger partial charge in [0, 0.05) is 30.4 Å². The lowest BCUT2D eigenvalue weighted by atomic mass is 9.78. The van der Waals surface area contributed by atoms with Gasteiger partial charge in [-0.3, -0.25) is 4.40 Å². The Morgan fingerprint density at radius 2 is 2.00 bits per heavy atom. The van der Waals surface area contributed by atoms with Gasteiger partial charge in [0.15, 0.2) is 9.84 Å². The van der Waals surface area contributed by atoms with Crippen LogP contribution in [-0.4, -0.2) is 51.9 Å². The molecule has 1 aliphatic rings. The number of sulfone groups is 1. The van der Waals surface area contributed by atoms with Crippen LogP contribution in [-0.2, 0) is 9.84 Å². The fourth-order valence-corrected chi connectivity index (χ4v) is 5.20. The van der Waals surface area contributed by atoms with Crippen LogP contribution in [0.5, 0.6) is 5.75 Å². The molecule has 0 aliphatic heterocycles. The van der Waals surface area contributed by atoms with Gasteiger partial charge in [-0.1, -0.05) is 0 Å². The molecule has 178 valence electrons. The lowest BCUT2D eigenvalue weighted by Crippen LogP contribution is -2.38. The van der Waals surface area contributed by atoms with Crippen molar-refractivity contribution in [2.45, 2.75) is 61.7 Å². The topological polar surface area (TPSA) is 106 Å². The summed E-state index contributed by atoms with van der Waals surface area (Å²) in [5, 5.41) is 13.3. The Bertz CT molecular complexity index is 1290. The van der Waals surface area contributed by atoms with Crippen molar-refractivity contribution in [2.75, 3.05) is 19.0 Å². The van der Waals surface area contributed by atoms with E-state index in [1.54, 1.807) is 43.5 Å². The third kappa shape index (κ3) is 4.41. The highest BCUT2D eigenvalue weighted by Gasteiger charge is 2.35. The molecular weight excluding hydrogens is 447 g/mol. The van der Waals surface area contributed by atoms with Crippen LogP contribution in [0.2, 0.25) is 0 Å². The molecule has 0 radical (unpaired) electrons. The van der Waals surface area contributed by atoms with Crippen LogP contribution in [0.1, 0.15) is 46.5 Å². The first-order chi connectivity index (χ1) is 15.4. The molecule has 2 N–H and O–H groups in total. The van der Waals surface area contributed by atoms with Gasteiger partial charge in [0.1, 0.15) is 22.1 Å². The molecule has 8 nitrogen and oxygen atoms in total. The number of hydrogen-bond donors (Lipinski definition) is 2. The van der Waals surface area contributed by atoms with Crippen LogP contribution in [0.25, 0.3) is 16.9 Å². The minimum absolute atomic E-state index is 0.0332. The maximum absolute atomic E-state index is 14.4. The third-order valence-electron chi connectivity index (χ3n) is 6.16. The minimum atomic E-state index is -3.72. The number of aromatic nitrogens is 3. The van der Waals surface area contributed by atoms with Gasteiger partial charge in [-0.05, 0) is 52.5 Å². The number of pyridine rings is 2. The van der Waals surface area contributed by atoms with E-state index >= 15 is 0 Å². The summed E-state index contributed by atoms with van der Waals surface area (Å²) in [5.74, 6) is -0.144. The Labute approximate surface area is 192 Å². The zero-order valence-corrected chi connectivity index (χ0v) is 20.0. The molecule has 0 amide bonds. The molecule has 0 aromatic carbocycles. The quantitative estimate of drug-likeness (QED) is 0.499. The van der Waals surface area contributed by atoms with Gasteiger partial charge >= 0.3 is 0 Å². The highest BCUT2D eigenvalue weighted by atomic mass is 32.2. The number of nitrogens with one attached hydrogen (secondary N) is 1. The average Bonchev–Trinajstić information content (AvgIpc) is 3.13. The lowest BCUT2D eigenvalue weighted by Gasteiger charge is -2.36. The first-order valence-electron chi connectivity index (χ1n) is 10.9. The van der Waals surface area contributed by atoms with E-state index in [-0.39, 0.29) is 10.6 Å². The van der Waals surface area contributed by atoms with Crippen molar-refractivity contribution in [1.82, 2.24) is 14.4 Å². The van der Waals surface area contributed by atoms with E-state index in [2.05, 4.69) is 15.3 Å². The van der Waals surface area contributed by atoms with Crippen molar-refractivity contribution in [3.8, 4) is 17.0 Å². The minimum Gasteiger partial charge on any atom is -0.495 e. The number of imidazole rings is 1. The van der Waals surface area contributed by atoms with E-state index in [1.165, 1.54) is 19.4 Å². The van der Waals surface area contributed by atoms with Gasteiger partial charge in [0.2, 0.25) is 5.95 Å². The van der Waals surface area contributed by atoms with Gasteiger partial charge in [-0.25, -0.2) is 18.4 Å². The van der Waals surface area contributed by atoms with Crippen LogP contribution in [0, 0.1) is 5.95 Å². The van der Waals surface area contributed by atoms with E-state index in [1.807, 2.05) is 0 Å². The normalized spacial score (nSPS) is 15.9. The van der Waals surface area contributed by atoms with E-state index < -0.39 is 26.1 Å². The lowest BCUT2D eigenvalue weighted by molar-refractivity contribution is -0.0370. The molecule has 1 saturated carbocycles. The average molecular weight is 477 g/mol. The van der Waals surface area contributed by atoms with Gasteiger partial charge in [-0.2, -0.15) is 4.39 Å². The third-order valence-corrected chi connectivity index (χ3v) is 8.66. The zero-order chi connectivity index (χ0) is 24.0. The summed E-state index contributed by atoms with van der Waals surface area (Å²) in [6, 6.07) is 4.51. The molecule has 1 fully saturated rings. The number of aliphatic hydroxyl groups is 1. The number of anilines is 1. The molecule has 1 aliphatic carbocycles. The second-order valence-corrected chi connectivity index (χ2v) is 12.2. The standard InChI is InChI=1S/C23H29FN4O4S/c1-22(2,3)33(30,31)18-14-28-16(13-26-21(28)12-17(18)32-4)15-10-19(24)27-20(11-15)25-9-8-23(29)6-5-7-23/h10-14,29H,5-9H2,1-4H3,(H,25,27). The largest absolute Gasteiger partial charge is 0.495 e. The molecule has 10 heteroatoms. The highest BCUT2D eigenvalue weighted by Crippen LogP contribution is 2.36. The van der Waals surface area contributed by atoms with E-state index in [9.17, 15) is 17.9 Å². The Morgan fingerprint density at radius 1 is 1.27 bits per heavy atom. The maximum Gasteiger partial charge on any atom is 0.215 e. The van der Waals surface area contributed by atoms with Crippen LogP contribution in [0.4, 0.5) is 10.2 Å². The molecule has 0 atom stereocenters. The molecule has 3 aromatic rings. The van der Waals surface area contributed by atoms with Crippen molar-refractivity contribution in [3.05, 3.63) is 36.5 Å². The smallest absolute Gasteiger partial charge is 0.215 e. The second-order valence-electron chi connectivity index (χ2n) is 9.51. The highest BCUT2D eigenvalue weighted by molar-refractivity contribution is 7.92. The summed E-state index contributed by atoms with van der Waals surface area (Å²) in [5.41, 5.74) is 0.830. The summed E-state index contributed by atoms with van der Waals surface area (Å²) < 4.78 is 46.6. The van der Waals surface area contributed by atoms with Gasteiger partial charge in [-0.15, -0.1) is 0 Å².